The second kappa shape index (κ2) is 4.18. The van der Waals surface area contributed by atoms with Gasteiger partial charge in [-0.25, -0.2) is 0 Å². The maximum Gasteiger partial charge on any atom is 0.255 e. The molecule has 0 aliphatic carbocycles. The Morgan fingerprint density at radius 1 is 1.50 bits per heavy atom. The van der Waals surface area contributed by atoms with Crippen LogP contribution in [0.2, 0.25) is 0 Å². The Morgan fingerprint density at radius 2 is 2.25 bits per heavy atom. The lowest BCUT2D eigenvalue weighted by molar-refractivity contribution is 0.0652. The van der Waals surface area contributed by atoms with Crippen LogP contribution in [0.15, 0.2) is 10.8 Å². The summed E-state index contributed by atoms with van der Waals surface area (Å²) in [6.07, 6.45) is 0. The van der Waals surface area contributed by atoms with E-state index < -0.39 is 0 Å². The van der Waals surface area contributed by atoms with Crippen molar-refractivity contribution < 1.29 is 4.79 Å². The first-order valence-electron chi connectivity index (χ1n) is 5.57. The summed E-state index contributed by atoms with van der Waals surface area (Å²) >= 11 is 1.60. The molecule has 16 heavy (non-hydrogen) atoms. The third-order valence-corrected chi connectivity index (χ3v) is 3.81. The van der Waals surface area contributed by atoms with Gasteiger partial charge in [-0.15, -0.1) is 0 Å². The fourth-order valence-corrected chi connectivity index (χ4v) is 2.89. The summed E-state index contributed by atoms with van der Waals surface area (Å²) in [7, 11) is 0. The standard InChI is InChI=1S/C12H18N2OS/c1-9-6-16-7-10(9)11(15)14-5-4-13-12(2,3)8-14/h6-7,13H,4-5,8H2,1-3H3. The lowest BCUT2D eigenvalue weighted by atomic mass is 10.0. The Labute approximate surface area is 100 Å². The van der Waals surface area contributed by atoms with Crippen LogP contribution in [0.5, 0.6) is 0 Å². The maximum atomic E-state index is 12.3. The van der Waals surface area contributed by atoms with Gasteiger partial charge in [-0.05, 0) is 31.7 Å². The molecule has 1 saturated heterocycles. The smallest absolute Gasteiger partial charge is 0.255 e. The van der Waals surface area contributed by atoms with Gasteiger partial charge in [0.2, 0.25) is 0 Å². The third kappa shape index (κ3) is 2.28. The van der Waals surface area contributed by atoms with E-state index in [-0.39, 0.29) is 11.4 Å². The lowest BCUT2D eigenvalue weighted by Gasteiger charge is -2.39. The van der Waals surface area contributed by atoms with Crippen LogP contribution in [0, 0.1) is 6.92 Å². The Kier molecular flexibility index (Phi) is 3.04. The number of hydrogen-bond acceptors (Lipinski definition) is 3. The molecule has 1 aromatic rings. The molecule has 0 saturated carbocycles. The van der Waals surface area contributed by atoms with Gasteiger partial charge < -0.3 is 10.2 Å². The van der Waals surface area contributed by atoms with E-state index in [0.717, 1.165) is 30.8 Å². The van der Waals surface area contributed by atoms with Gasteiger partial charge in [0.05, 0.1) is 5.56 Å². The predicted molar refractivity (Wildman–Crippen MR) is 67.0 cm³/mol. The fourth-order valence-electron chi connectivity index (χ4n) is 2.06. The number of rotatable bonds is 1. The number of nitrogens with one attached hydrogen (secondary N) is 1. The lowest BCUT2D eigenvalue weighted by Crippen LogP contribution is -2.58. The molecule has 2 heterocycles. The van der Waals surface area contributed by atoms with E-state index >= 15 is 0 Å². The molecule has 0 radical (unpaired) electrons. The van der Waals surface area contributed by atoms with Gasteiger partial charge in [-0.3, -0.25) is 4.79 Å². The Balaban J connectivity index is 2.14. The van der Waals surface area contributed by atoms with Crippen molar-refractivity contribution in [3.8, 4) is 0 Å². The number of amides is 1. The molecule has 1 N–H and O–H groups in total. The number of nitrogens with zero attached hydrogens (tertiary/aromatic N) is 1. The molecule has 1 amide bonds. The second-order valence-electron chi connectivity index (χ2n) is 5.01. The third-order valence-electron chi connectivity index (χ3n) is 2.94. The Bertz CT molecular complexity index is 397. The van der Waals surface area contributed by atoms with E-state index in [1.807, 2.05) is 22.6 Å². The number of piperazine rings is 1. The average Bonchev–Trinajstić information content (AvgIpc) is 2.62. The first kappa shape index (κ1) is 11.6. The highest BCUT2D eigenvalue weighted by Gasteiger charge is 2.29. The topological polar surface area (TPSA) is 32.3 Å². The molecule has 88 valence electrons. The van der Waals surface area contributed by atoms with Crippen LogP contribution in [-0.2, 0) is 0 Å². The molecule has 0 bridgehead atoms. The summed E-state index contributed by atoms with van der Waals surface area (Å²) in [5.41, 5.74) is 1.98. The minimum absolute atomic E-state index is 0.0256. The van der Waals surface area contributed by atoms with Crippen LogP contribution in [0.3, 0.4) is 0 Å². The molecule has 0 unspecified atom stereocenters. The van der Waals surface area contributed by atoms with Gasteiger partial charge in [0.1, 0.15) is 0 Å². The van der Waals surface area contributed by atoms with E-state index in [1.165, 1.54) is 0 Å². The molecule has 1 aliphatic heterocycles. The number of hydrogen-bond donors (Lipinski definition) is 1. The van der Waals surface area contributed by atoms with Gasteiger partial charge in [-0.2, -0.15) is 11.3 Å². The van der Waals surface area contributed by atoms with Crippen LogP contribution in [0.25, 0.3) is 0 Å². The van der Waals surface area contributed by atoms with Gasteiger partial charge in [0.25, 0.3) is 5.91 Å². The molecule has 4 heteroatoms. The normalized spacial score (nSPS) is 19.8. The van der Waals surface area contributed by atoms with Crippen LogP contribution in [0.1, 0.15) is 29.8 Å². The van der Waals surface area contributed by atoms with E-state index in [4.69, 9.17) is 0 Å². The van der Waals surface area contributed by atoms with Crippen molar-refractivity contribution in [2.75, 3.05) is 19.6 Å². The minimum Gasteiger partial charge on any atom is -0.336 e. The summed E-state index contributed by atoms with van der Waals surface area (Å²) in [5, 5.41) is 7.39. The van der Waals surface area contributed by atoms with Crippen molar-refractivity contribution in [3.63, 3.8) is 0 Å². The molecular weight excluding hydrogens is 220 g/mol. The Hall–Kier alpha value is -0.870. The summed E-state index contributed by atoms with van der Waals surface area (Å²) in [4.78, 5) is 14.2. The van der Waals surface area contributed by atoms with Crippen molar-refractivity contribution in [2.24, 2.45) is 0 Å². The van der Waals surface area contributed by atoms with E-state index in [2.05, 4.69) is 19.2 Å². The zero-order valence-corrected chi connectivity index (χ0v) is 10.9. The molecule has 2 rings (SSSR count). The first-order chi connectivity index (χ1) is 7.49. The zero-order valence-electron chi connectivity index (χ0n) is 10.0. The zero-order chi connectivity index (χ0) is 11.8. The van der Waals surface area contributed by atoms with Gasteiger partial charge >= 0.3 is 0 Å². The number of carbonyl (C=O) groups is 1. The molecule has 1 fully saturated rings. The summed E-state index contributed by atoms with van der Waals surface area (Å²) in [6, 6.07) is 0. The van der Waals surface area contributed by atoms with Crippen molar-refractivity contribution in [1.29, 1.82) is 0 Å². The molecule has 1 aliphatic rings. The number of carbonyl (C=O) groups excluding carboxylic acids is 1. The maximum absolute atomic E-state index is 12.3. The van der Waals surface area contributed by atoms with Crippen LogP contribution >= 0.6 is 11.3 Å². The van der Waals surface area contributed by atoms with Crippen molar-refractivity contribution in [2.45, 2.75) is 26.3 Å². The van der Waals surface area contributed by atoms with Gasteiger partial charge in [0.15, 0.2) is 0 Å². The fraction of sp³-hybridized carbons (Fsp3) is 0.583. The highest BCUT2D eigenvalue weighted by atomic mass is 32.1. The minimum atomic E-state index is 0.0256. The SMILES string of the molecule is Cc1cscc1C(=O)N1CCNC(C)(C)C1. The van der Waals surface area contributed by atoms with Crippen molar-refractivity contribution in [3.05, 3.63) is 21.9 Å². The second-order valence-corrected chi connectivity index (χ2v) is 5.75. The van der Waals surface area contributed by atoms with Crippen molar-refractivity contribution in [1.82, 2.24) is 10.2 Å². The van der Waals surface area contributed by atoms with Crippen LogP contribution in [0.4, 0.5) is 0 Å². The highest BCUT2D eigenvalue weighted by molar-refractivity contribution is 7.08. The summed E-state index contributed by atoms with van der Waals surface area (Å²) in [5.74, 6) is 0.174. The van der Waals surface area contributed by atoms with E-state index in [9.17, 15) is 4.79 Å². The summed E-state index contributed by atoms with van der Waals surface area (Å²) in [6.45, 7) is 8.72. The largest absolute Gasteiger partial charge is 0.336 e. The van der Waals surface area contributed by atoms with Crippen molar-refractivity contribution >= 4 is 17.2 Å². The van der Waals surface area contributed by atoms with Gasteiger partial charge in [-0.1, -0.05) is 0 Å². The van der Waals surface area contributed by atoms with E-state index in [1.54, 1.807) is 11.3 Å². The highest BCUT2D eigenvalue weighted by Crippen LogP contribution is 2.18. The summed E-state index contributed by atoms with van der Waals surface area (Å²) < 4.78 is 0. The first-order valence-corrected chi connectivity index (χ1v) is 6.51. The van der Waals surface area contributed by atoms with E-state index in [0.29, 0.717) is 0 Å². The predicted octanol–water partition coefficient (Wildman–Crippen LogP) is 1.88. The monoisotopic (exact) mass is 238 g/mol. The van der Waals surface area contributed by atoms with Gasteiger partial charge in [0, 0.05) is 30.6 Å². The molecule has 1 aromatic heterocycles. The quantitative estimate of drug-likeness (QED) is 0.810. The number of thiophene rings is 1. The van der Waals surface area contributed by atoms with Crippen LogP contribution < -0.4 is 5.32 Å². The molecule has 3 nitrogen and oxygen atoms in total. The number of aryl methyl sites for hydroxylation is 1. The molecule has 0 atom stereocenters. The molecule has 0 spiro atoms. The Morgan fingerprint density at radius 3 is 2.81 bits per heavy atom. The molecule has 0 aromatic carbocycles. The van der Waals surface area contributed by atoms with Crippen LogP contribution in [-0.4, -0.2) is 36.0 Å². The average molecular weight is 238 g/mol. The molecular formula is C12H18N2OS.